The van der Waals surface area contributed by atoms with E-state index in [4.69, 9.17) is 4.74 Å². The number of anilines is 2. The van der Waals surface area contributed by atoms with Crippen LogP contribution in [0.2, 0.25) is 0 Å². The van der Waals surface area contributed by atoms with Crippen molar-refractivity contribution < 1.29 is 14.3 Å². The van der Waals surface area contributed by atoms with E-state index in [1.54, 1.807) is 54.7 Å². The third-order valence-corrected chi connectivity index (χ3v) is 4.96. The average molecular weight is 387 g/mol. The van der Waals surface area contributed by atoms with Gasteiger partial charge in [0.2, 0.25) is 0 Å². The summed E-state index contributed by atoms with van der Waals surface area (Å²) in [5, 5.41) is 2.93. The van der Waals surface area contributed by atoms with E-state index in [0.29, 0.717) is 29.1 Å². The Bertz CT molecular complexity index is 1050. The van der Waals surface area contributed by atoms with Crippen LogP contribution >= 0.6 is 0 Å². The van der Waals surface area contributed by atoms with Crippen LogP contribution in [0.25, 0.3) is 0 Å². The van der Waals surface area contributed by atoms with Crippen molar-refractivity contribution in [3.63, 3.8) is 0 Å². The minimum atomic E-state index is -0.235. The number of carbonyl (C=O) groups is 2. The first-order chi connectivity index (χ1) is 14.2. The van der Waals surface area contributed by atoms with Crippen LogP contribution < -0.4 is 15.0 Å². The zero-order chi connectivity index (χ0) is 20.2. The molecule has 146 valence electrons. The van der Waals surface area contributed by atoms with Gasteiger partial charge in [-0.3, -0.25) is 14.6 Å². The van der Waals surface area contributed by atoms with Crippen molar-refractivity contribution in [1.82, 2.24) is 4.98 Å². The summed E-state index contributed by atoms with van der Waals surface area (Å²) in [5.41, 5.74) is 3.64. The molecule has 6 nitrogen and oxygen atoms in total. The van der Waals surface area contributed by atoms with Crippen LogP contribution in [0.1, 0.15) is 32.7 Å². The number of aryl methyl sites for hydroxylation is 1. The highest BCUT2D eigenvalue weighted by Crippen LogP contribution is 2.31. The lowest BCUT2D eigenvalue weighted by atomic mass is 10.00. The van der Waals surface area contributed by atoms with E-state index in [9.17, 15) is 9.59 Å². The van der Waals surface area contributed by atoms with Crippen molar-refractivity contribution >= 4 is 23.2 Å². The first-order valence-corrected chi connectivity index (χ1v) is 9.46. The maximum absolute atomic E-state index is 12.9. The number of aromatic nitrogens is 1. The van der Waals surface area contributed by atoms with Gasteiger partial charge in [0.1, 0.15) is 5.75 Å². The van der Waals surface area contributed by atoms with E-state index >= 15 is 0 Å². The number of pyridine rings is 1. The number of ether oxygens (including phenoxy) is 1. The molecule has 0 unspecified atom stereocenters. The van der Waals surface area contributed by atoms with E-state index in [0.717, 1.165) is 24.1 Å². The number of rotatable bonds is 4. The largest absolute Gasteiger partial charge is 0.496 e. The molecule has 0 saturated carbocycles. The minimum Gasteiger partial charge on any atom is -0.496 e. The number of methoxy groups -OCH3 is 1. The van der Waals surface area contributed by atoms with Gasteiger partial charge in [-0.05, 0) is 60.9 Å². The number of carbonyl (C=O) groups excluding carboxylic acids is 2. The third-order valence-electron chi connectivity index (χ3n) is 4.96. The van der Waals surface area contributed by atoms with Crippen molar-refractivity contribution in [1.29, 1.82) is 0 Å². The molecule has 2 amide bonds. The summed E-state index contributed by atoms with van der Waals surface area (Å²) in [4.78, 5) is 31.4. The molecule has 4 rings (SSSR count). The predicted octanol–water partition coefficient (Wildman–Crippen LogP) is 3.94. The van der Waals surface area contributed by atoms with Gasteiger partial charge in [0.05, 0.1) is 18.2 Å². The number of nitrogens with zero attached hydrogens (tertiary/aromatic N) is 2. The molecule has 0 spiro atoms. The van der Waals surface area contributed by atoms with Crippen LogP contribution in [0.5, 0.6) is 5.75 Å². The van der Waals surface area contributed by atoms with Gasteiger partial charge >= 0.3 is 0 Å². The normalized spacial score (nSPS) is 12.8. The molecule has 1 aliphatic heterocycles. The molecule has 0 fully saturated rings. The van der Waals surface area contributed by atoms with Crippen molar-refractivity contribution in [2.75, 3.05) is 23.9 Å². The van der Waals surface area contributed by atoms with Crippen molar-refractivity contribution in [3.05, 3.63) is 83.7 Å². The Morgan fingerprint density at radius 3 is 2.76 bits per heavy atom. The predicted molar refractivity (Wildman–Crippen MR) is 112 cm³/mol. The lowest BCUT2D eigenvalue weighted by Crippen LogP contribution is -2.35. The van der Waals surface area contributed by atoms with Crippen molar-refractivity contribution in [3.8, 4) is 5.75 Å². The lowest BCUT2D eigenvalue weighted by molar-refractivity contribution is 0.0982. The van der Waals surface area contributed by atoms with Gasteiger partial charge in [-0.25, -0.2) is 0 Å². The number of benzene rings is 2. The number of hydrogen-bond donors (Lipinski definition) is 1. The Morgan fingerprint density at radius 2 is 1.97 bits per heavy atom. The zero-order valence-corrected chi connectivity index (χ0v) is 16.1. The molecule has 3 aromatic rings. The molecule has 2 aromatic carbocycles. The molecule has 1 N–H and O–H groups in total. The second-order valence-corrected chi connectivity index (χ2v) is 6.80. The average Bonchev–Trinajstić information content (AvgIpc) is 2.78. The lowest BCUT2D eigenvalue weighted by Gasteiger charge is -2.30. The standard InChI is InChI=1S/C23H21N3O3/c1-29-21-9-3-2-8-19(21)22(27)25-18-10-11-20-16(14-18)7-5-13-26(20)23(28)17-6-4-12-24-15-17/h2-4,6,8-12,14-15H,5,7,13H2,1H3,(H,25,27). The monoisotopic (exact) mass is 387 g/mol. The molecule has 1 aliphatic rings. The van der Waals surface area contributed by atoms with Gasteiger partial charge in [-0.1, -0.05) is 12.1 Å². The molecule has 0 saturated heterocycles. The number of nitrogens with one attached hydrogen (secondary N) is 1. The molecule has 2 heterocycles. The van der Waals surface area contributed by atoms with Gasteiger partial charge in [-0.15, -0.1) is 0 Å². The highest BCUT2D eigenvalue weighted by molar-refractivity contribution is 6.08. The summed E-state index contributed by atoms with van der Waals surface area (Å²) in [6.07, 6.45) is 4.95. The van der Waals surface area contributed by atoms with Gasteiger partial charge in [0.25, 0.3) is 11.8 Å². The van der Waals surface area contributed by atoms with E-state index in [2.05, 4.69) is 10.3 Å². The zero-order valence-electron chi connectivity index (χ0n) is 16.1. The van der Waals surface area contributed by atoms with E-state index in [1.807, 2.05) is 24.3 Å². The summed E-state index contributed by atoms with van der Waals surface area (Å²) in [6.45, 7) is 0.660. The summed E-state index contributed by atoms with van der Waals surface area (Å²) in [5.74, 6) is 0.225. The molecule has 1 aromatic heterocycles. The van der Waals surface area contributed by atoms with Gasteiger partial charge in [-0.2, -0.15) is 0 Å². The van der Waals surface area contributed by atoms with Crippen LogP contribution in [0, 0.1) is 0 Å². The Morgan fingerprint density at radius 1 is 1.10 bits per heavy atom. The maximum Gasteiger partial charge on any atom is 0.259 e. The minimum absolute atomic E-state index is 0.0649. The van der Waals surface area contributed by atoms with Crippen LogP contribution in [-0.2, 0) is 6.42 Å². The quantitative estimate of drug-likeness (QED) is 0.736. The third kappa shape index (κ3) is 3.82. The molecule has 29 heavy (non-hydrogen) atoms. The first kappa shape index (κ1) is 18.7. The smallest absolute Gasteiger partial charge is 0.259 e. The summed E-state index contributed by atoms with van der Waals surface area (Å²) >= 11 is 0. The topological polar surface area (TPSA) is 71.5 Å². The summed E-state index contributed by atoms with van der Waals surface area (Å²) in [6, 6.07) is 16.3. The van der Waals surface area contributed by atoms with Crippen LogP contribution in [0.15, 0.2) is 67.0 Å². The van der Waals surface area contributed by atoms with Crippen molar-refractivity contribution in [2.24, 2.45) is 0 Å². The molecular formula is C23H21N3O3. The fourth-order valence-electron chi connectivity index (χ4n) is 3.56. The number of hydrogen-bond acceptors (Lipinski definition) is 4. The van der Waals surface area contributed by atoms with Crippen LogP contribution in [0.4, 0.5) is 11.4 Å². The highest BCUT2D eigenvalue weighted by Gasteiger charge is 2.24. The second kappa shape index (κ2) is 8.14. The molecule has 0 atom stereocenters. The fraction of sp³-hybridized carbons (Fsp3) is 0.174. The highest BCUT2D eigenvalue weighted by atomic mass is 16.5. The molecular weight excluding hydrogens is 366 g/mol. The number of amides is 2. The molecule has 0 radical (unpaired) electrons. The molecule has 0 bridgehead atoms. The number of fused-ring (bicyclic) bond motifs is 1. The number of para-hydroxylation sites is 1. The Balaban J connectivity index is 1.57. The maximum atomic E-state index is 12.9. The fourth-order valence-corrected chi connectivity index (χ4v) is 3.56. The second-order valence-electron chi connectivity index (χ2n) is 6.80. The van der Waals surface area contributed by atoms with E-state index in [-0.39, 0.29) is 11.8 Å². The van der Waals surface area contributed by atoms with Gasteiger partial charge in [0, 0.05) is 30.3 Å². The van der Waals surface area contributed by atoms with Crippen LogP contribution in [0.3, 0.4) is 0 Å². The van der Waals surface area contributed by atoms with Crippen LogP contribution in [-0.4, -0.2) is 30.5 Å². The Kier molecular flexibility index (Phi) is 5.24. The Labute approximate surface area is 169 Å². The van der Waals surface area contributed by atoms with Crippen molar-refractivity contribution in [2.45, 2.75) is 12.8 Å². The molecule has 0 aliphatic carbocycles. The summed E-state index contributed by atoms with van der Waals surface area (Å²) < 4.78 is 5.27. The van der Waals surface area contributed by atoms with Gasteiger partial charge < -0.3 is 15.0 Å². The van der Waals surface area contributed by atoms with E-state index < -0.39 is 0 Å². The SMILES string of the molecule is COc1ccccc1C(=O)Nc1ccc2c(c1)CCCN2C(=O)c1cccnc1. The summed E-state index contributed by atoms with van der Waals surface area (Å²) in [7, 11) is 1.54. The first-order valence-electron chi connectivity index (χ1n) is 9.46. The van der Waals surface area contributed by atoms with Gasteiger partial charge in [0.15, 0.2) is 0 Å². The Hall–Kier alpha value is -3.67. The van der Waals surface area contributed by atoms with E-state index in [1.165, 1.54) is 0 Å². The molecule has 6 heteroatoms.